The summed E-state index contributed by atoms with van der Waals surface area (Å²) in [5.41, 5.74) is 5.45. The molecule has 6 nitrogen and oxygen atoms in total. The van der Waals surface area contributed by atoms with Crippen LogP contribution >= 0.6 is 46.4 Å². The largest absolute Gasteiger partial charge is 0.497 e. The van der Waals surface area contributed by atoms with Crippen LogP contribution in [0.15, 0.2) is 109 Å². The maximum atomic E-state index is 14.1. The molecule has 278 valence electrons. The van der Waals surface area contributed by atoms with Crippen molar-refractivity contribution in [3.05, 3.63) is 163 Å². The fourth-order valence-electron chi connectivity index (χ4n) is 6.49. The van der Waals surface area contributed by atoms with Gasteiger partial charge in [-0.2, -0.15) is 0 Å². The molecule has 6 rings (SSSR count). The molecule has 1 heterocycles. The number of anilines is 2. The number of halogens is 4. The first-order chi connectivity index (χ1) is 25.8. The Bertz CT molecular complexity index is 2100. The minimum atomic E-state index is -1.64. The van der Waals surface area contributed by atoms with Crippen molar-refractivity contribution in [3.63, 3.8) is 0 Å². The number of benzene rings is 5. The van der Waals surface area contributed by atoms with Crippen LogP contribution in [0.3, 0.4) is 0 Å². The molecule has 2 N–H and O–H groups in total. The Kier molecular flexibility index (Phi) is 11.9. The summed E-state index contributed by atoms with van der Waals surface area (Å²) in [4.78, 5) is 14.1. The zero-order chi connectivity index (χ0) is 38.7. The summed E-state index contributed by atoms with van der Waals surface area (Å²) in [5.74, 6) is 0.685. The molecule has 0 radical (unpaired) electrons. The molecule has 1 aliphatic heterocycles. The minimum absolute atomic E-state index is 0.0109. The fraction of sp³-hybridized carbons (Fsp3) is 0.205. The molecule has 0 aliphatic carbocycles. The number of ether oxygens (including phenoxy) is 3. The zero-order valence-electron chi connectivity index (χ0n) is 30.7. The molecule has 0 atom stereocenters. The number of hydrogen-bond acceptors (Lipinski definition) is 6. The second kappa shape index (κ2) is 16.4. The molecular formula is C44H40Cl4N2O4. The summed E-state index contributed by atoms with van der Waals surface area (Å²) < 4.78 is 17.5. The van der Waals surface area contributed by atoms with Crippen LogP contribution in [-0.2, 0) is 10.3 Å². The van der Waals surface area contributed by atoms with Crippen molar-refractivity contribution in [2.75, 3.05) is 24.9 Å². The van der Waals surface area contributed by atoms with Crippen molar-refractivity contribution < 1.29 is 19.0 Å². The van der Waals surface area contributed by atoms with Gasteiger partial charge in [-0.25, -0.2) is 4.79 Å². The molecule has 0 bridgehead atoms. The number of cyclic esters (lactones) is 1. The third-order valence-electron chi connectivity index (χ3n) is 8.95. The minimum Gasteiger partial charge on any atom is -0.497 e. The van der Waals surface area contributed by atoms with Gasteiger partial charge in [0.2, 0.25) is 0 Å². The van der Waals surface area contributed by atoms with Gasteiger partial charge in [0, 0.05) is 29.0 Å². The lowest BCUT2D eigenvalue weighted by Crippen LogP contribution is -2.23. The number of rotatable bonds is 12. The van der Waals surface area contributed by atoms with Crippen LogP contribution in [0.4, 0.5) is 11.4 Å². The lowest BCUT2D eigenvalue weighted by atomic mass is 9.83. The molecule has 0 fully saturated rings. The van der Waals surface area contributed by atoms with Crippen molar-refractivity contribution in [2.24, 2.45) is 0 Å². The molecule has 1 aliphatic rings. The number of hydrogen-bond donors (Lipinski definition) is 2. The number of carbonyl (C=O) groups is 1. The van der Waals surface area contributed by atoms with E-state index in [-0.39, 0.29) is 43.3 Å². The Morgan fingerprint density at radius 2 is 0.926 bits per heavy atom. The molecule has 0 amide bonds. The Hall–Kier alpha value is -4.59. The van der Waals surface area contributed by atoms with Gasteiger partial charge in [0.1, 0.15) is 11.5 Å². The van der Waals surface area contributed by atoms with Crippen LogP contribution in [0, 0.1) is 0 Å². The maximum Gasteiger partial charge on any atom is 0.341 e. The van der Waals surface area contributed by atoms with Crippen LogP contribution in [0.25, 0.3) is 11.1 Å². The Morgan fingerprint density at radius 1 is 0.574 bits per heavy atom. The quantitative estimate of drug-likeness (QED) is 0.0744. The molecule has 0 saturated carbocycles. The van der Waals surface area contributed by atoms with Crippen LogP contribution in [0.1, 0.15) is 65.9 Å². The van der Waals surface area contributed by atoms with Gasteiger partial charge in [-0.05, 0) is 122 Å². The van der Waals surface area contributed by atoms with Crippen molar-refractivity contribution in [1.29, 1.82) is 0 Å². The van der Waals surface area contributed by atoms with E-state index in [1.165, 1.54) is 0 Å². The summed E-state index contributed by atoms with van der Waals surface area (Å²) >= 11 is 27.2. The normalized spacial score (nSPS) is 15.7. The molecule has 10 heteroatoms. The zero-order valence-corrected chi connectivity index (χ0v) is 33.7. The van der Waals surface area contributed by atoms with Gasteiger partial charge in [-0.3, -0.25) is 0 Å². The van der Waals surface area contributed by atoms with Crippen molar-refractivity contribution in [1.82, 2.24) is 0 Å². The SMILES string of the molecule is COc1ccc(/C(=C\C2(/C=C(/c3ccc(NC(C)C)cc3)c3ccc(OC)cc3)OC(=O)c3c(Cl)c(Cl)c(Cl)c(Cl)c32)c2ccc(NC(C)C)cc2)cc1. The van der Waals surface area contributed by atoms with Crippen LogP contribution in [0.2, 0.25) is 20.1 Å². The van der Waals surface area contributed by atoms with Crippen LogP contribution in [-0.4, -0.2) is 32.3 Å². The third-order valence-corrected chi connectivity index (χ3v) is 10.7. The second-order valence-corrected chi connectivity index (χ2v) is 15.0. The van der Waals surface area contributed by atoms with E-state index >= 15 is 0 Å². The van der Waals surface area contributed by atoms with Gasteiger partial charge in [0.25, 0.3) is 0 Å². The molecule has 0 spiro atoms. The van der Waals surface area contributed by atoms with Crippen molar-refractivity contribution in [3.8, 4) is 11.5 Å². The highest BCUT2D eigenvalue weighted by atomic mass is 35.5. The molecule has 5 aromatic carbocycles. The molecule has 0 aromatic heterocycles. The lowest BCUT2D eigenvalue weighted by molar-refractivity contribution is 0.0300. The van der Waals surface area contributed by atoms with Gasteiger partial charge in [-0.15, -0.1) is 0 Å². The summed E-state index contributed by atoms with van der Waals surface area (Å²) in [6.45, 7) is 8.33. The fourth-order valence-corrected chi connectivity index (χ4v) is 7.56. The number of nitrogens with one attached hydrogen (secondary N) is 2. The summed E-state index contributed by atoms with van der Waals surface area (Å²) in [6, 6.07) is 31.9. The van der Waals surface area contributed by atoms with Crippen LogP contribution in [0.5, 0.6) is 11.5 Å². The van der Waals surface area contributed by atoms with E-state index in [0.717, 1.165) is 44.8 Å². The highest BCUT2D eigenvalue weighted by Gasteiger charge is 2.48. The predicted octanol–water partition coefficient (Wildman–Crippen LogP) is 12.6. The van der Waals surface area contributed by atoms with Crippen molar-refractivity contribution >= 4 is 74.9 Å². The van der Waals surface area contributed by atoms with Gasteiger partial charge in [-0.1, -0.05) is 94.9 Å². The van der Waals surface area contributed by atoms with Gasteiger partial charge in [0.15, 0.2) is 5.60 Å². The van der Waals surface area contributed by atoms with E-state index in [1.807, 2.05) is 109 Å². The average molecular weight is 803 g/mol. The van der Waals surface area contributed by atoms with Gasteiger partial charge >= 0.3 is 5.97 Å². The summed E-state index contributed by atoms with van der Waals surface area (Å²) in [7, 11) is 3.24. The van der Waals surface area contributed by atoms with Crippen LogP contribution < -0.4 is 20.1 Å². The first-order valence-corrected chi connectivity index (χ1v) is 18.9. The smallest absolute Gasteiger partial charge is 0.341 e. The van der Waals surface area contributed by atoms with E-state index in [0.29, 0.717) is 11.5 Å². The van der Waals surface area contributed by atoms with Gasteiger partial charge < -0.3 is 24.8 Å². The van der Waals surface area contributed by atoms with E-state index in [9.17, 15) is 4.79 Å². The Balaban J connectivity index is 1.71. The first kappa shape index (κ1) is 39.1. The highest BCUT2D eigenvalue weighted by molar-refractivity contribution is 6.53. The topological polar surface area (TPSA) is 68.8 Å². The predicted molar refractivity (Wildman–Crippen MR) is 224 cm³/mol. The highest BCUT2D eigenvalue weighted by Crippen LogP contribution is 2.53. The van der Waals surface area contributed by atoms with Crippen molar-refractivity contribution in [2.45, 2.75) is 45.4 Å². The summed E-state index contributed by atoms with van der Waals surface area (Å²) in [5, 5.41) is 6.88. The van der Waals surface area contributed by atoms with E-state index < -0.39 is 11.6 Å². The number of methoxy groups -OCH3 is 2. The maximum absolute atomic E-state index is 14.1. The molecule has 5 aromatic rings. The monoisotopic (exact) mass is 800 g/mol. The Morgan fingerprint density at radius 3 is 1.28 bits per heavy atom. The summed E-state index contributed by atoms with van der Waals surface area (Å²) in [6.07, 6.45) is 3.79. The van der Waals surface area contributed by atoms with E-state index in [2.05, 4.69) is 38.3 Å². The number of esters is 1. The molecule has 0 saturated heterocycles. The number of carbonyl (C=O) groups excluding carboxylic acids is 1. The lowest BCUT2D eigenvalue weighted by Gasteiger charge is -2.27. The standard InChI is InChI=1S/C44H40Cl4N2O4/c1-25(2)49-31-15-7-27(8-16-31)35(29-11-19-33(52-5)20-12-29)23-44(38-37(43(51)54-44)39(45)41(47)42(48)40(38)46)24-36(30-13-21-34(53-6)22-14-30)28-9-17-32(18-10-28)50-26(3)4/h7-26,49-50H,1-6H3/b35-23-,36-24-. The molecular weight excluding hydrogens is 762 g/mol. The third kappa shape index (κ3) is 8.08. The van der Waals surface area contributed by atoms with E-state index in [4.69, 9.17) is 60.6 Å². The van der Waals surface area contributed by atoms with E-state index in [1.54, 1.807) is 14.2 Å². The first-order valence-electron chi connectivity index (χ1n) is 17.4. The Labute approximate surface area is 336 Å². The molecule has 54 heavy (non-hydrogen) atoms. The van der Waals surface area contributed by atoms with Gasteiger partial charge in [0.05, 0.1) is 39.9 Å². The second-order valence-electron chi connectivity index (χ2n) is 13.5. The molecule has 0 unspecified atom stereocenters. The average Bonchev–Trinajstić information content (AvgIpc) is 3.46. The number of fused-ring (bicyclic) bond motifs is 1.